The number of rotatable bonds is 5. The van der Waals surface area contributed by atoms with E-state index in [1.165, 1.54) is 19.2 Å². The number of aliphatic hydroxyl groups is 1. The number of hydrogen-bond donors (Lipinski definition) is 1. The number of carbonyl (C=O) groups excluding carboxylic acids is 1. The predicted molar refractivity (Wildman–Crippen MR) is 95.8 cm³/mol. The van der Waals surface area contributed by atoms with Crippen LogP contribution in [0, 0.1) is 12.8 Å². The zero-order chi connectivity index (χ0) is 19.9. The Hall–Kier alpha value is -2.41. The Balaban J connectivity index is 0.00000163. The molecule has 1 aromatic heterocycles. The number of benzene rings is 1. The second-order valence-electron chi connectivity index (χ2n) is 6.07. The molecule has 0 amide bonds. The first-order chi connectivity index (χ1) is 12.2. The highest BCUT2D eigenvalue weighted by molar-refractivity contribution is 5.75. The summed E-state index contributed by atoms with van der Waals surface area (Å²) >= 11 is 0. The Morgan fingerprint density at radius 1 is 1.19 bits per heavy atom. The highest BCUT2D eigenvalue weighted by Crippen LogP contribution is 2.36. The lowest BCUT2D eigenvalue weighted by Gasteiger charge is -2.27. The van der Waals surface area contributed by atoms with E-state index in [1.807, 2.05) is 13.8 Å². The van der Waals surface area contributed by atoms with Crippen LogP contribution in [0.3, 0.4) is 0 Å². The molecule has 0 aliphatic carbocycles. The molecule has 0 atom stereocenters. The Morgan fingerprint density at radius 2 is 1.85 bits per heavy atom. The number of aromatic nitrogens is 1. The fourth-order valence-electron chi connectivity index (χ4n) is 2.41. The van der Waals surface area contributed by atoms with Crippen molar-refractivity contribution in [3.63, 3.8) is 0 Å². The zero-order valence-electron chi connectivity index (χ0n) is 15.2. The molecule has 0 aliphatic heterocycles. The van der Waals surface area contributed by atoms with Crippen molar-refractivity contribution in [3.05, 3.63) is 53.2 Å². The molecule has 0 bridgehead atoms. The lowest BCUT2D eigenvalue weighted by molar-refractivity contribution is -0.138. The van der Waals surface area contributed by atoms with Gasteiger partial charge in [-0.25, -0.2) is 4.98 Å². The van der Waals surface area contributed by atoms with Crippen molar-refractivity contribution in [1.29, 1.82) is 0 Å². The third-order valence-electron chi connectivity index (χ3n) is 3.57. The summed E-state index contributed by atoms with van der Waals surface area (Å²) in [6, 6.07) is 7.50. The standard InChI is InChI=1S/C18H19F3N2O.CH4O/c1-12(2)10-23(17-7-5-14(11-24)9-22-17)15-6-4-13(3)16(8-15)18(19,20)21;1-2/h4-9,11-12H,10H2,1-3H3;2H,1H3. The van der Waals surface area contributed by atoms with Gasteiger partial charge < -0.3 is 10.0 Å². The minimum Gasteiger partial charge on any atom is -0.400 e. The number of aliphatic hydroxyl groups excluding tert-OH is 1. The van der Waals surface area contributed by atoms with Crippen LogP contribution < -0.4 is 4.90 Å². The molecule has 0 saturated carbocycles. The summed E-state index contributed by atoms with van der Waals surface area (Å²) in [6.07, 6.45) is -2.32. The summed E-state index contributed by atoms with van der Waals surface area (Å²) in [6.45, 7) is 5.90. The Labute approximate surface area is 151 Å². The number of halogens is 3. The average Bonchev–Trinajstić information content (AvgIpc) is 2.61. The molecule has 142 valence electrons. The van der Waals surface area contributed by atoms with Crippen LogP contribution in [0.4, 0.5) is 24.7 Å². The Kier molecular flexibility index (Phi) is 7.76. The molecule has 0 radical (unpaired) electrons. The minimum atomic E-state index is -4.40. The zero-order valence-corrected chi connectivity index (χ0v) is 15.2. The van der Waals surface area contributed by atoms with Gasteiger partial charge in [0, 0.05) is 31.1 Å². The third-order valence-corrected chi connectivity index (χ3v) is 3.57. The van der Waals surface area contributed by atoms with Crippen LogP contribution in [-0.2, 0) is 6.18 Å². The van der Waals surface area contributed by atoms with Crippen molar-refractivity contribution >= 4 is 17.8 Å². The molecule has 1 heterocycles. The number of carbonyl (C=O) groups is 1. The van der Waals surface area contributed by atoms with Crippen LogP contribution in [0.5, 0.6) is 0 Å². The molecule has 2 rings (SSSR count). The maximum Gasteiger partial charge on any atom is 0.416 e. The molecule has 7 heteroatoms. The van der Waals surface area contributed by atoms with Gasteiger partial charge in [0.05, 0.1) is 5.56 Å². The van der Waals surface area contributed by atoms with Gasteiger partial charge in [-0.15, -0.1) is 0 Å². The molecule has 1 aromatic carbocycles. The van der Waals surface area contributed by atoms with Crippen molar-refractivity contribution in [2.45, 2.75) is 26.9 Å². The van der Waals surface area contributed by atoms with E-state index in [0.29, 0.717) is 29.9 Å². The number of aryl methyl sites for hydroxylation is 1. The maximum absolute atomic E-state index is 13.2. The van der Waals surface area contributed by atoms with Gasteiger partial charge in [0.15, 0.2) is 6.29 Å². The lowest BCUT2D eigenvalue weighted by Crippen LogP contribution is -2.24. The first kappa shape index (κ1) is 21.6. The van der Waals surface area contributed by atoms with Gasteiger partial charge in [0.25, 0.3) is 0 Å². The summed E-state index contributed by atoms with van der Waals surface area (Å²) in [4.78, 5) is 16.7. The van der Waals surface area contributed by atoms with E-state index in [2.05, 4.69) is 4.98 Å². The Morgan fingerprint density at radius 3 is 2.31 bits per heavy atom. The predicted octanol–water partition coefficient (Wildman–Crippen LogP) is 4.62. The van der Waals surface area contributed by atoms with E-state index >= 15 is 0 Å². The highest BCUT2D eigenvalue weighted by atomic mass is 19.4. The van der Waals surface area contributed by atoms with Crippen LogP contribution in [0.2, 0.25) is 0 Å². The molecule has 4 nitrogen and oxygen atoms in total. The summed E-state index contributed by atoms with van der Waals surface area (Å²) in [5.41, 5.74) is 0.370. The van der Waals surface area contributed by atoms with Crippen LogP contribution in [0.1, 0.15) is 35.3 Å². The van der Waals surface area contributed by atoms with Gasteiger partial charge in [0.1, 0.15) is 5.82 Å². The summed E-state index contributed by atoms with van der Waals surface area (Å²) in [5, 5.41) is 7.00. The monoisotopic (exact) mass is 368 g/mol. The second kappa shape index (κ2) is 9.33. The van der Waals surface area contributed by atoms with Gasteiger partial charge in [-0.3, -0.25) is 4.79 Å². The van der Waals surface area contributed by atoms with E-state index in [-0.39, 0.29) is 11.5 Å². The lowest BCUT2D eigenvalue weighted by atomic mass is 10.1. The molecule has 0 saturated heterocycles. The molecular weight excluding hydrogens is 345 g/mol. The van der Waals surface area contributed by atoms with Gasteiger partial charge in [-0.2, -0.15) is 13.2 Å². The maximum atomic E-state index is 13.2. The van der Waals surface area contributed by atoms with E-state index in [4.69, 9.17) is 5.11 Å². The SMILES string of the molecule is CO.Cc1ccc(N(CC(C)C)c2ccc(C=O)cn2)cc1C(F)(F)F. The van der Waals surface area contributed by atoms with Gasteiger partial charge in [-0.1, -0.05) is 19.9 Å². The first-order valence-electron chi connectivity index (χ1n) is 8.03. The molecule has 0 unspecified atom stereocenters. The molecule has 1 N–H and O–H groups in total. The third kappa shape index (κ3) is 5.56. The van der Waals surface area contributed by atoms with Crippen molar-refractivity contribution in [3.8, 4) is 0 Å². The van der Waals surface area contributed by atoms with Crippen molar-refractivity contribution < 1.29 is 23.1 Å². The van der Waals surface area contributed by atoms with Crippen molar-refractivity contribution in [2.24, 2.45) is 5.92 Å². The van der Waals surface area contributed by atoms with Crippen LogP contribution >= 0.6 is 0 Å². The fourth-order valence-corrected chi connectivity index (χ4v) is 2.41. The smallest absolute Gasteiger partial charge is 0.400 e. The largest absolute Gasteiger partial charge is 0.416 e. The number of aldehydes is 1. The quantitative estimate of drug-likeness (QED) is 0.782. The molecule has 2 aromatic rings. The fraction of sp³-hybridized carbons (Fsp3) is 0.368. The van der Waals surface area contributed by atoms with E-state index < -0.39 is 11.7 Å². The summed E-state index contributed by atoms with van der Waals surface area (Å²) in [7, 11) is 1.00. The summed E-state index contributed by atoms with van der Waals surface area (Å²) < 4.78 is 39.5. The van der Waals surface area contributed by atoms with E-state index in [9.17, 15) is 18.0 Å². The number of nitrogens with zero attached hydrogens (tertiary/aromatic N) is 2. The molecule has 0 aliphatic rings. The number of alkyl halides is 3. The van der Waals surface area contributed by atoms with Gasteiger partial charge in [-0.05, 0) is 42.7 Å². The molecular formula is C19H23F3N2O2. The Bertz CT molecular complexity index is 714. The second-order valence-corrected chi connectivity index (χ2v) is 6.07. The first-order valence-corrected chi connectivity index (χ1v) is 8.03. The summed E-state index contributed by atoms with van der Waals surface area (Å²) in [5.74, 6) is 0.722. The van der Waals surface area contributed by atoms with Crippen LogP contribution in [-0.4, -0.2) is 30.0 Å². The minimum absolute atomic E-state index is 0.181. The van der Waals surface area contributed by atoms with E-state index in [1.54, 1.807) is 23.1 Å². The topological polar surface area (TPSA) is 53.4 Å². The van der Waals surface area contributed by atoms with Gasteiger partial charge in [0.2, 0.25) is 0 Å². The van der Waals surface area contributed by atoms with Crippen molar-refractivity contribution in [1.82, 2.24) is 4.98 Å². The normalized spacial score (nSPS) is 11.0. The number of hydrogen-bond acceptors (Lipinski definition) is 4. The highest BCUT2D eigenvalue weighted by Gasteiger charge is 2.33. The van der Waals surface area contributed by atoms with Crippen LogP contribution in [0.15, 0.2) is 36.5 Å². The van der Waals surface area contributed by atoms with Crippen LogP contribution in [0.25, 0.3) is 0 Å². The molecule has 26 heavy (non-hydrogen) atoms. The molecule has 0 spiro atoms. The average molecular weight is 368 g/mol. The molecule has 0 fully saturated rings. The number of anilines is 2. The number of pyridine rings is 1. The van der Waals surface area contributed by atoms with Crippen molar-refractivity contribution in [2.75, 3.05) is 18.6 Å². The van der Waals surface area contributed by atoms with Gasteiger partial charge >= 0.3 is 6.18 Å². The van der Waals surface area contributed by atoms with E-state index in [0.717, 1.165) is 13.2 Å².